The Morgan fingerprint density at radius 3 is 2.61 bits per heavy atom. The van der Waals surface area contributed by atoms with E-state index in [0.29, 0.717) is 5.75 Å². The number of rotatable bonds is 5. The number of ether oxygens (including phenoxy) is 3. The lowest BCUT2D eigenvalue weighted by atomic mass is 10.2. The molecule has 0 spiro atoms. The van der Waals surface area contributed by atoms with E-state index < -0.39 is 18.5 Å². The number of hydrogen-bond acceptors (Lipinski definition) is 6. The molecule has 0 aliphatic rings. The van der Waals surface area contributed by atoms with E-state index in [1.807, 2.05) is 0 Å². The summed E-state index contributed by atoms with van der Waals surface area (Å²) in [6.07, 6.45) is 0. The van der Waals surface area contributed by atoms with E-state index in [2.05, 4.69) is 4.74 Å². The highest BCUT2D eigenvalue weighted by atomic mass is 16.6. The Labute approximate surface area is 105 Å². The molecule has 0 amide bonds. The molecule has 0 unspecified atom stereocenters. The van der Waals surface area contributed by atoms with Gasteiger partial charge in [0.05, 0.1) is 19.3 Å². The molecule has 1 rings (SSSR count). The van der Waals surface area contributed by atoms with E-state index in [0.717, 1.165) is 0 Å². The lowest BCUT2D eigenvalue weighted by molar-refractivity contribution is -0.146. The molecule has 18 heavy (non-hydrogen) atoms. The van der Waals surface area contributed by atoms with Crippen molar-refractivity contribution in [2.75, 3.05) is 26.1 Å². The first-order valence-electron chi connectivity index (χ1n) is 5.34. The summed E-state index contributed by atoms with van der Waals surface area (Å²) in [7, 11) is 1.47. The van der Waals surface area contributed by atoms with Gasteiger partial charge in [-0.25, -0.2) is 9.59 Å². The van der Waals surface area contributed by atoms with Crippen LogP contribution in [-0.2, 0) is 14.3 Å². The number of carbonyl (C=O) groups excluding carboxylic acids is 2. The highest BCUT2D eigenvalue weighted by Crippen LogP contribution is 2.20. The molecule has 0 fully saturated rings. The largest absolute Gasteiger partial charge is 0.497 e. The summed E-state index contributed by atoms with van der Waals surface area (Å²) in [6, 6.07) is 4.60. The monoisotopic (exact) mass is 253 g/mol. The number of benzene rings is 1. The summed E-state index contributed by atoms with van der Waals surface area (Å²) < 4.78 is 14.4. The summed E-state index contributed by atoms with van der Waals surface area (Å²) in [5, 5.41) is 0. The Morgan fingerprint density at radius 1 is 1.28 bits per heavy atom. The van der Waals surface area contributed by atoms with Gasteiger partial charge in [-0.05, 0) is 25.1 Å². The maximum atomic E-state index is 11.7. The molecule has 0 aromatic heterocycles. The minimum absolute atomic E-state index is 0.152. The van der Waals surface area contributed by atoms with Gasteiger partial charge in [-0.3, -0.25) is 0 Å². The van der Waals surface area contributed by atoms with Gasteiger partial charge >= 0.3 is 11.9 Å². The first-order chi connectivity index (χ1) is 8.58. The normalized spacial score (nSPS) is 9.67. The average Bonchev–Trinajstić information content (AvgIpc) is 2.37. The second kappa shape index (κ2) is 6.48. The maximum absolute atomic E-state index is 11.7. The molecule has 0 radical (unpaired) electrons. The van der Waals surface area contributed by atoms with Gasteiger partial charge in [0.2, 0.25) is 0 Å². The van der Waals surface area contributed by atoms with E-state index in [9.17, 15) is 9.59 Å². The van der Waals surface area contributed by atoms with Crippen LogP contribution in [-0.4, -0.2) is 32.3 Å². The van der Waals surface area contributed by atoms with Crippen LogP contribution in [0, 0.1) is 0 Å². The van der Waals surface area contributed by atoms with Crippen LogP contribution < -0.4 is 10.5 Å². The predicted molar refractivity (Wildman–Crippen MR) is 64.3 cm³/mol. The summed E-state index contributed by atoms with van der Waals surface area (Å²) >= 11 is 0. The lowest BCUT2D eigenvalue weighted by Crippen LogP contribution is -2.17. The first kappa shape index (κ1) is 13.8. The number of hydrogen-bond donors (Lipinski definition) is 1. The molecule has 98 valence electrons. The molecule has 0 saturated carbocycles. The molecule has 0 bridgehead atoms. The SMILES string of the molecule is CCOC(=O)COC(=O)c1cc(OC)ccc1N. The van der Waals surface area contributed by atoms with Gasteiger partial charge in [-0.15, -0.1) is 0 Å². The smallest absolute Gasteiger partial charge is 0.344 e. The van der Waals surface area contributed by atoms with E-state index in [4.69, 9.17) is 15.2 Å². The molecular formula is C12H15NO5. The Hall–Kier alpha value is -2.24. The van der Waals surface area contributed by atoms with Crippen LogP contribution >= 0.6 is 0 Å². The van der Waals surface area contributed by atoms with Crippen molar-refractivity contribution in [2.24, 2.45) is 0 Å². The summed E-state index contributed by atoms with van der Waals surface area (Å²) in [5.41, 5.74) is 6.04. The second-order valence-electron chi connectivity index (χ2n) is 3.33. The van der Waals surface area contributed by atoms with Crippen LogP contribution in [0.3, 0.4) is 0 Å². The van der Waals surface area contributed by atoms with Crippen molar-refractivity contribution in [3.8, 4) is 5.75 Å². The third-order valence-electron chi connectivity index (χ3n) is 2.11. The number of esters is 2. The van der Waals surface area contributed by atoms with Crippen LogP contribution in [0.25, 0.3) is 0 Å². The van der Waals surface area contributed by atoms with Gasteiger partial charge in [-0.2, -0.15) is 0 Å². The van der Waals surface area contributed by atoms with Crippen LogP contribution in [0.1, 0.15) is 17.3 Å². The molecule has 6 nitrogen and oxygen atoms in total. The van der Waals surface area contributed by atoms with Crippen LogP contribution in [0.5, 0.6) is 5.75 Å². The fraction of sp³-hybridized carbons (Fsp3) is 0.333. The van der Waals surface area contributed by atoms with Crippen molar-refractivity contribution in [2.45, 2.75) is 6.92 Å². The fourth-order valence-corrected chi connectivity index (χ4v) is 1.24. The van der Waals surface area contributed by atoms with Gasteiger partial charge in [-0.1, -0.05) is 0 Å². The Kier molecular flexibility index (Phi) is 4.98. The van der Waals surface area contributed by atoms with E-state index >= 15 is 0 Å². The lowest BCUT2D eigenvalue weighted by Gasteiger charge is -2.08. The van der Waals surface area contributed by atoms with E-state index in [1.165, 1.54) is 19.2 Å². The minimum atomic E-state index is -0.695. The van der Waals surface area contributed by atoms with E-state index in [-0.39, 0.29) is 17.9 Å². The molecule has 6 heteroatoms. The Bertz CT molecular complexity index is 444. The van der Waals surface area contributed by atoms with Crippen molar-refractivity contribution in [1.82, 2.24) is 0 Å². The first-order valence-corrected chi connectivity index (χ1v) is 5.34. The van der Waals surface area contributed by atoms with Crippen molar-refractivity contribution < 1.29 is 23.8 Å². The zero-order valence-corrected chi connectivity index (χ0v) is 10.3. The quantitative estimate of drug-likeness (QED) is 0.622. The number of carbonyl (C=O) groups is 2. The molecule has 2 N–H and O–H groups in total. The molecule has 0 saturated heterocycles. The minimum Gasteiger partial charge on any atom is -0.497 e. The van der Waals surface area contributed by atoms with Crippen molar-refractivity contribution in [3.05, 3.63) is 23.8 Å². The number of nitrogen functional groups attached to an aromatic ring is 1. The van der Waals surface area contributed by atoms with Crippen LogP contribution in [0.2, 0.25) is 0 Å². The van der Waals surface area contributed by atoms with Gasteiger partial charge in [0.15, 0.2) is 6.61 Å². The molecule has 1 aromatic rings. The number of methoxy groups -OCH3 is 1. The summed E-state index contributed by atoms with van der Waals surface area (Å²) in [4.78, 5) is 22.7. The average molecular weight is 253 g/mol. The molecule has 0 aliphatic heterocycles. The van der Waals surface area contributed by atoms with E-state index in [1.54, 1.807) is 13.0 Å². The maximum Gasteiger partial charge on any atom is 0.344 e. The Morgan fingerprint density at radius 2 is 2.00 bits per heavy atom. The molecular weight excluding hydrogens is 238 g/mol. The number of anilines is 1. The highest BCUT2D eigenvalue weighted by Gasteiger charge is 2.14. The molecule has 0 atom stereocenters. The topological polar surface area (TPSA) is 87.8 Å². The zero-order valence-electron chi connectivity index (χ0n) is 10.3. The van der Waals surface area contributed by atoms with Crippen molar-refractivity contribution >= 4 is 17.6 Å². The van der Waals surface area contributed by atoms with Crippen molar-refractivity contribution in [3.63, 3.8) is 0 Å². The molecule has 0 aliphatic carbocycles. The van der Waals surface area contributed by atoms with Crippen LogP contribution in [0.15, 0.2) is 18.2 Å². The van der Waals surface area contributed by atoms with Crippen molar-refractivity contribution in [1.29, 1.82) is 0 Å². The van der Waals surface area contributed by atoms with Gasteiger partial charge in [0.25, 0.3) is 0 Å². The highest BCUT2D eigenvalue weighted by molar-refractivity contribution is 5.96. The molecule has 0 heterocycles. The van der Waals surface area contributed by atoms with Crippen LogP contribution in [0.4, 0.5) is 5.69 Å². The summed E-state index contributed by atoms with van der Waals surface area (Å²) in [6.45, 7) is 1.46. The zero-order chi connectivity index (χ0) is 13.5. The Balaban J connectivity index is 2.69. The van der Waals surface area contributed by atoms with Gasteiger partial charge in [0.1, 0.15) is 5.75 Å². The van der Waals surface area contributed by atoms with Gasteiger partial charge in [0, 0.05) is 5.69 Å². The fourth-order valence-electron chi connectivity index (χ4n) is 1.24. The van der Waals surface area contributed by atoms with Gasteiger partial charge < -0.3 is 19.9 Å². The second-order valence-corrected chi connectivity index (χ2v) is 3.33. The standard InChI is InChI=1S/C12H15NO5/c1-3-17-11(14)7-18-12(15)9-6-8(16-2)4-5-10(9)13/h4-6H,3,7,13H2,1-2H3. The number of nitrogens with two attached hydrogens (primary N) is 1. The molecule has 1 aromatic carbocycles. The third kappa shape index (κ3) is 3.65. The predicted octanol–water partition coefficient (Wildman–Crippen LogP) is 0.997. The summed E-state index contributed by atoms with van der Waals surface area (Å²) in [5.74, 6) is -0.820. The third-order valence-corrected chi connectivity index (χ3v) is 2.11.